The van der Waals surface area contributed by atoms with Crippen LogP contribution in [0.15, 0.2) is 18.2 Å². The van der Waals surface area contributed by atoms with Gasteiger partial charge in [0.2, 0.25) is 0 Å². The molecule has 0 N–H and O–H groups in total. The Labute approximate surface area is 114 Å². The van der Waals surface area contributed by atoms with E-state index in [4.69, 9.17) is 11.6 Å². The Morgan fingerprint density at radius 1 is 1.39 bits per heavy atom. The van der Waals surface area contributed by atoms with Crippen molar-refractivity contribution in [2.45, 2.75) is 13.8 Å². The minimum absolute atomic E-state index is 0.197. The molecule has 0 spiro atoms. The summed E-state index contributed by atoms with van der Waals surface area (Å²) in [5, 5.41) is 0.935. The van der Waals surface area contributed by atoms with Crippen LogP contribution in [0.5, 0.6) is 0 Å². The van der Waals surface area contributed by atoms with Crippen LogP contribution in [0, 0.1) is 13.8 Å². The van der Waals surface area contributed by atoms with Gasteiger partial charge in [0.15, 0.2) is 10.0 Å². The number of ether oxygens (including phenoxy) is 1. The van der Waals surface area contributed by atoms with Crippen molar-refractivity contribution in [2.75, 3.05) is 7.11 Å². The van der Waals surface area contributed by atoms with Crippen LogP contribution >= 0.6 is 22.9 Å². The summed E-state index contributed by atoms with van der Waals surface area (Å²) in [6.45, 7) is 4.06. The van der Waals surface area contributed by atoms with E-state index in [-0.39, 0.29) is 5.15 Å². The van der Waals surface area contributed by atoms with Crippen LogP contribution in [-0.4, -0.2) is 18.1 Å². The van der Waals surface area contributed by atoms with Crippen molar-refractivity contribution in [3.8, 4) is 10.6 Å². The zero-order chi connectivity index (χ0) is 13.3. The van der Waals surface area contributed by atoms with Gasteiger partial charge >= 0.3 is 5.97 Å². The number of hydrogen-bond donors (Lipinski definition) is 0. The molecule has 0 aliphatic heterocycles. The smallest absolute Gasteiger partial charge is 0.351 e. The molecule has 94 valence electrons. The molecule has 0 aliphatic rings. The van der Waals surface area contributed by atoms with Crippen LogP contribution in [0.1, 0.15) is 20.8 Å². The van der Waals surface area contributed by atoms with Gasteiger partial charge in [0.05, 0.1) is 7.11 Å². The normalized spacial score (nSPS) is 10.4. The third-order valence-electron chi connectivity index (χ3n) is 2.79. The van der Waals surface area contributed by atoms with Crippen molar-refractivity contribution in [3.63, 3.8) is 0 Å². The van der Waals surface area contributed by atoms with Gasteiger partial charge in [-0.2, -0.15) is 0 Å². The zero-order valence-electron chi connectivity index (χ0n) is 10.3. The van der Waals surface area contributed by atoms with E-state index in [1.807, 2.05) is 32.0 Å². The van der Waals surface area contributed by atoms with E-state index in [0.29, 0.717) is 4.88 Å². The fourth-order valence-electron chi connectivity index (χ4n) is 1.62. The molecule has 0 aliphatic carbocycles. The number of hydrogen-bond acceptors (Lipinski definition) is 4. The lowest BCUT2D eigenvalue weighted by atomic mass is 10.0. The topological polar surface area (TPSA) is 39.2 Å². The minimum atomic E-state index is -0.450. The maximum absolute atomic E-state index is 11.5. The highest BCUT2D eigenvalue weighted by atomic mass is 35.5. The van der Waals surface area contributed by atoms with Gasteiger partial charge in [0.1, 0.15) is 5.01 Å². The minimum Gasteiger partial charge on any atom is -0.465 e. The number of carbonyl (C=O) groups excluding carboxylic acids is 1. The summed E-state index contributed by atoms with van der Waals surface area (Å²) >= 11 is 7.21. The molecule has 18 heavy (non-hydrogen) atoms. The van der Waals surface area contributed by atoms with E-state index in [1.54, 1.807) is 0 Å². The highest BCUT2D eigenvalue weighted by Crippen LogP contribution is 2.33. The van der Waals surface area contributed by atoms with Crippen molar-refractivity contribution < 1.29 is 9.53 Å². The summed E-state index contributed by atoms with van der Waals surface area (Å²) in [5.41, 5.74) is 3.31. The lowest BCUT2D eigenvalue weighted by Gasteiger charge is -2.04. The molecule has 0 bridgehead atoms. The summed E-state index contributed by atoms with van der Waals surface area (Å²) in [5.74, 6) is -0.450. The number of aromatic nitrogens is 1. The number of esters is 1. The van der Waals surface area contributed by atoms with Gasteiger partial charge in [-0.15, -0.1) is 11.3 Å². The number of benzene rings is 1. The van der Waals surface area contributed by atoms with Crippen LogP contribution in [0.25, 0.3) is 10.6 Å². The molecule has 0 saturated heterocycles. The van der Waals surface area contributed by atoms with E-state index in [2.05, 4.69) is 9.72 Å². The number of rotatable bonds is 2. The second kappa shape index (κ2) is 5.08. The third-order valence-corrected chi connectivity index (χ3v) is 4.25. The SMILES string of the molecule is COC(=O)c1sc(-c2cccc(C)c2C)nc1Cl. The summed E-state index contributed by atoms with van der Waals surface area (Å²) in [7, 11) is 1.33. The molecular formula is C13H12ClNO2S. The third kappa shape index (κ3) is 2.26. The van der Waals surface area contributed by atoms with Crippen LogP contribution in [0.4, 0.5) is 0 Å². The quantitative estimate of drug-likeness (QED) is 0.785. The van der Waals surface area contributed by atoms with E-state index in [1.165, 1.54) is 24.0 Å². The van der Waals surface area contributed by atoms with Crippen molar-refractivity contribution in [1.82, 2.24) is 4.98 Å². The maximum Gasteiger partial charge on any atom is 0.351 e. The number of halogens is 1. The largest absolute Gasteiger partial charge is 0.465 e. The monoisotopic (exact) mass is 281 g/mol. The van der Waals surface area contributed by atoms with Crippen LogP contribution in [0.3, 0.4) is 0 Å². The molecule has 0 saturated carbocycles. The fraction of sp³-hybridized carbons (Fsp3) is 0.231. The molecule has 2 aromatic rings. The average Bonchev–Trinajstić information content (AvgIpc) is 2.73. The molecular weight excluding hydrogens is 270 g/mol. The number of aryl methyl sites for hydroxylation is 1. The first-order valence-corrected chi connectivity index (χ1v) is 6.55. The molecule has 0 unspecified atom stereocenters. The molecule has 1 aromatic carbocycles. The Balaban J connectivity index is 2.53. The molecule has 5 heteroatoms. The van der Waals surface area contributed by atoms with Crippen LogP contribution in [0.2, 0.25) is 5.15 Å². The Morgan fingerprint density at radius 2 is 2.11 bits per heavy atom. The van der Waals surface area contributed by atoms with Gasteiger partial charge in [-0.3, -0.25) is 0 Å². The average molecular weight is 282 g/mol. The second-order valence-electron chi connectivity index (χ2n) is 3.88. The standard InChI is InChI=1S/C13H12ClNO2S/c1-7-5-4-6-9(8(7)2)12-15-11(14)10(18-12)13(16)17-3/h4-6H,1-3H3. The summed E-state index contributed by atoms with van der Waals surface area (Å²) in [4.78, 5) is 16.1. The zero-order valence-corrected chi connectivity index (χ0v) is 11.9. The number of methoxy groups -OCH3 is 1. The Hall–Kier alpha value is -1.39. The van der Waals surface area contributed by atoms with Gasteiger partial charge in [-0.05, 0) is 25.0 Å². The predicted octanol–water partition coefficient (Wildman–Crippen LogP) is 3.87. The second-order valence-corrected chi connectivity index (χ2v) is 5.24. The van der Waals surface area contributed by atoms with Gasteiger partial charge in [-0.1, -0.05) is 29.8 Å². The Morgan fingerprint density at radius 3 is 2.78 bits per heavy atom. The highest BCUT2D eigenvalue weighted by molar-refractivity contribution is 7.17. The summed E-state index contributed by atoms with van der Waals surface area (Å²) < 4.78 is 4.67. The fourth-order valence-corrected chi connectivity index (χ4v) is 2.90. The summed E-state index contributed by atoms with van der Waals surface area (Å²) in [6.07, 6.45) is 0. The molecule has 1 heterocycles. The molecule has 0 radical (unpaired) electrons. The van der Waals surface area contributed by atoms with E-state index >= 15 is 0 Å². The first kappa shape index (κ1) is 13.1. The lowest BCUT2D eigenvalue weighted by molar-refractivity contribution is 0.0606. The number of carbonyl (C=O) groups is 1. The van der Waals surface area contributed by atoms with Crippen LogP contribution in [-0.2, 0) is 4.74 Å². The van der Waals surface area contributed by atoms with Gasteiger partial charge in [0, 0.05) is 5.56 Å². The van der Waals surface area contributed by atoms with Crippen molar-refractivity contribution in [3.05, 3.63) is 39.4 Å². The maximum atomic E-state index is 11.5. The predicted molar refractivity (Wildman–Crippen MR) is 73.4 cm³/mol. The molecule has 0 fully saturated rings. The van der Waals surface area contributed by atoms with E-state index in [0.717, 1.165) is 16.1 Å². The van der Waals surface area contributed by atoms with E-state index in [9.17, 15) is 4.79 Å². The Bertz CT molecular complexity index is 607. The highest BCUT2D eigenvalue weighted by Gasteiger charge is 2.19. The first-order chi connectivity index (χ1) is 8.54. The number of nitrogens with zero attached hydrogens (tertiary/aromatic N) is 1. The van der Waals surface area contributed by atoms with Gasteiger partial charge < -0.3 is 4.74 Å². The van der Waals surface area contributed by atoms with Gasteiger partial charge in [0.25, 0.3) is 0 Å². The van der Waals surface area contributed by atoms with Crippen molar-refractivity contribution in [2.24, 2.45) is 0 Å². The molecule has 2 rings (SSSR count). The lowest BCUT2D eigenvalue weighted by Crippen LogP contribution is -1.98. The number of thiazole rings is 1. The van der Waals surface area contributed by atoms with Crippen molar-refractivity contribution in [1.29, 1.82) is 0 Å². The summed E-state index contributed by atoms with van der Waals surface area (Å²) in [6, 6.07) is 5.97. The van der Waals surface area contributed by atoms with E-state index < -0.39 is 5.97 Å². The van der Waals surface area contributed by atoms with Crippen LogP contribution < -0.4 is 0 Å². The molecule has 1 aromatic heterocycles. The molecule has 0 amide bonds. The first-order valence-electron chi connectivity index (χ1n) is 5.35. The molecule has 3 nitrogen and oxygen atoms in total. The van der Waals surface area contributed by atoms with Gasteiger partial charge in [-0.25, -0.2) is 9.78 Å². The Kier molecular flexibility index (Phi) is 3.68. The van der Waals surface area contributed by atoms with Crippen molar-refractivity contribution >= 4 is 28.9 Å². The molecule has 0 atom stereocenters.